The zero-order chi connectivity index (χ0) is 13.0. The zero-order valence-corrected chi connectivity index (χ0v) is 10.3. The Morgan fingerprint density at radius 3 is 2.78 bits per heavy atom. The second kappa shape index (κ2) is 5.85. The van der Waals surface area contributed by atoms with E-state index in [1.807, 2.05) is 0 Å². The molecule has 0 aliphatic heterocycles. The van der Waals surface area contributed by atoms with Crippen LogP contribution in [0, 0.1) is 11.7 Å². The van der Waals surface area contributed by atoms with Gasteiger partial charge in [0.25, 0.3) is 5.91 Å². The van der Waals surface area contributed by atoms with Crippen molar-refractivity contribution in [3.05, 3.63) is 29.6 Å². The first-order valence-corrected chi connectivity index (χ1v) is 6.43. The Balaban J connectivity index is 1.83. The van der Waals surface area contributed by atoms with E-state index in [9.17, 15) is 14.3 Å². The van der Waals surface area contributed by atoms with Gasteiger partial charge in [-0.3, -0.25) is 4.79 Å². The molecule has 0 aromatic heterocycles. The second-order valence-electron chi connectivity index (χ2n) is 4.86. The van der Waals surface area contributed by atoms with Crippen molar-refractivity contribution < 1.29 is 14.3 Å². The fourth-order valence-electron chi connectivity index (χ4n) is 2.48. The molecular formula is C14H18FNO2. The summed E-state index contributed by atoms with van der Waals surface area (Å²) in [4.78, 5) is 11.8. The Morgan fingerprint density at radius 2 is 2.11 bits per heavy atom. The van der Waals surface area contributed by atoms with Crippen molar-refractivity contribution in [1.29, 1.82) is 0 Å². The highest BCUT2D eigenvalue weighted by Crippen LogP contribution is 2.27. The first-order chi connectivity index (χ1) is 8.66. The third-order valence-electron chi connectivity index (χ3n) is 3.52. The van der Waals surface area contributed by atoms with Crippen molar-refractivity contribution in [3.8, 4) is 5.75 Å². The van der Waals surface area contributed by atoms with E-state index in [-0.39, 0.29) is 17.2 Å². The van der Waals surface area contributed by atoms with Crippen LogP contribution in [0.15, 0.2) is 18.2 Å². The van der Waals surface area contributed by atoms with Gasteiger partial charge < -0.3 is 10.4 Å². The Hall–Kier alpha value is -1.58. The van der Waals surface area contributed by atoms with E-state index >= 15 is 0 Å². The number of rotatable bonds is 4. The zero-order valence-electron chi connectivity index (χ0n) is 10.3. The maximum atomic E-state index is 12.8. The van der Waals surface area contributed by atoms with Gasteiger partial charge in [-0.2, -0.15) is 0 Å². The average molecular weight is 251 g/mol. The molecule has 1 aliphatic carbocycles. The number of carbonyl (C=O) groups excluding carboxylic acids is 1. The lowest BCUT2D eigenvalue weighted by Crippen LogP contribution is -2.25. The van der Waals surface area contributed by atoms with Crippen LogP contribution in [0.3, 0.4) is 0 Å². The van der Waals surface area contributed by atoms with Gasteiger partial charge in [-0.25, -0.2) is 4.39 Å². The van der Waals surface area contributed by atoms with Crippen molar-refractivity contribution in [1.82, 2.24) is 5.32 Å². The number of hydrogen-bond donors (Lipinski definition) is 2. The molecule has 1 amide bonds. The molecule has 1 aromatic carbocycles. The van der Waals surface area contributed by atoms with E-state index in [1.54, 1.807) is 0 Å². The summed E-state index contributed by atoms with van der Waals surface area (Å²) in [5.74, 6) is -0.485. The molecule has 1 aliphatic rings. The molecule has 0 spiro atoms. The molecule has 0 radical (unpaired) electrons. The molecule has 0 heterocycles. The van der Waals surface area contributed by atoms with Crippen LogP contribution in [0.2, 0.25) is 0 Å². The maximum absolute atomic E-state index is 12.8. The molecule has 1 saturated carbocycles. The number of aromatic hydroxyl groups is 1. The summed E-state index contributed by atoms with van der Waals surface area (Å²) in [5.41, 5.74) is 0.128. The van der Waals surface area contributed by atoms with Gasteiger partial charge in [-0.15, -0.1) is 0 Å². The summed E-state index contributed by atoms with van der Waals surface area (Å²) in [5, 5.41) is 12.2. The number of phenolic OH excluding ortho intramolecular Hbond substituents is 1. The van der Waals surface area contributed by atoms with Crippen LogP contribution in [0.4, 0.5) is 4.39 Å². The lowest BCUT2D eigenvalue weighted by atomic mass is 10.0. The first-order valence-electron chi connectivity index (χ1n) is 6.43. The summed E-state index contributed by atoms with van der Waals surface area (Å²) in [6, 6.07) is 3.42. The average Bonchev–Trinajstić information content (AvgIpc) is 2.81. The number of hydrogen-bond acceptors (Lipinski definition) is 2. The summed E-state index contributed by atoms with van der Waals surface area (Å²) < 4.78 is 12.8. The molecule has 18 heavy (non-hydrogen) atoms. The molecule has 0 saturated heterocycles. The van der Waals surface area contributed by atoms with Crippen LogP contribution < -0.4 is 5.32 Å². The highest BCUT2D eigenvalue weighted by molar-refractivity contribution is 5.96. The van der Waals surface area contributed by atoms with E-state index in [1.165, 1.54) is 37.8 Å². The van der Waals surface area contributed by atoms with Crippen molar-refractivity contribution in [2.45, 2.75) is 32.1 Å². The van der Waals surface area contributed by atoms with Gasteiger partial charge in [0.15, 0.2) is 0 Å². The topological polar surface area (TPSA) is 49.3 Å². The molecule has 2 rings (SSSR count). The molecule has 98 valence electrons. The SMILES string of the molecule is O=C(NCCC1CCCC1)c1ccc(F)cc1O. The summed E-state index contributed by atoms with van der Waals surface area (Å²) >= 11 is 0. The molecule has 1 aromatic rings. The van der Waals surface area contributed by atoms with Gasteiger partial charge in [0.2, 0.25) is 0 Å². The number of benzene rings is 1. The normalized spacial score (nSPS) is 15.8. The second-order valence-corrected chi connectivity index (χ2v) is 4.86. The minimum atomic E-state index is -0.546. The smallest absolute Gasteiger partial charge is 0.255 e. The largest absolute Gasteiger partial charge is 0.507 e. The maximum Gasteiger partial charge on any atom is 0.255 e. The van der Waals surface area contributed by atoms with Crippen LogP contribution in [0.25, 0.3) is 0 Å². The number of nitrogens with one attached hydrogen (secondary N) is 1. The molecule has 0 atom stereocenters. The summed E-state index contributed by atoms with van der Waals surface area (Å²) in [7, 11) is 0. The minimum absolute atomic E-state index is 0.128. The van der Waals surface area contributed by atoms with Crippen LogP contribution in [-0.4, -0.2) is 17.6 Å². The number of carbonyl (C=O) groups is 1. The lowest BCUT2D eigenvalue weighted by Gasteiger charge is -2.10. The highest BCUT2D eigenvalue weighted by atomic mass is 19.1. The number of amides is 1. The van der Waals surface area contributed by atoms with Gasteiger partial charge in [-0.1, -0.05) is 25.7 Å². The molecule has 0 unspecified atom stereocenters. The van der Waals surface area contributed by atoms with Crippen molar-refractivity contribution in [3.63, 3.8) is 0 Å². The predicted octanol–water partition coefficient (Wildman–Crippen LogP) is 2.84. The van der Waals surface area contributed by atoms with Gasteiger partial charge in [-0.05, 0) is 24.5 Å². The third kappa shape index (κ3) is 3.22. The first kappa shape index (κ1) is 12.9. The fraction of sp³-hybridized carbons (Fsp3) is 0.500. The molecule has 3 nitrogen and oxygen atoms in total. The number of halogens is 1. The minimum Gasteiger partial charge on any atom is -0.507 e. The van der Waals surface area contributed by atoms with Gasteiger partial charge >= 0.3 is 0 Å². The van der Waals surface area contributed by atoms with Gasteiger partial charge in [0, 0.05) is 12.6 Å². The molecule has 2 N–H and O–H groups in total. The lowest BCUT2D eigenvalue weighted by molar-refractivity contribution is 0.0948. The van der Waals surface area contributed by atoms with Crippen molar-refractivity contribution in [2.24, 2.45) is 5.92 Å². The third-order valence-corrected chi connectivity index (χ3v) is 3.52. The highest BCUT2D eigenvalue weighted by Gasteiger charge is 2.16. The Kier molecular flexibility index (Phi) is 4.18. The monoisotopic (exact) mass is 251 g/mol. The van der Waals surface area contributed by atoms with Gasteiger partial charge in [0.05, 0.1) is 5.56 Å². The molecular weight excluding hydrogens is 233 g/mol. The molecule has 0 bridgehead atoms. The molecule has 1 fully saturated rings. The van der Waals surface area contributed by atoms with E-state index in [4.69, 9.17) is 0 Å². The van der Waals surface area contributed by atoms with Gasteiger partial charge in [0.1, 0.15) is 11.6 Å². The Bertz CT molecular complexity index is 428. The Labute approximate surface area is 106 Å². The van der Waals surface area contributed by atoms with Crippen molar-refractivity contribution in [2.75, 3.05) is 6.54 Å². The summed E-state index contributed by atoms with van der Waals surface area (Å²) in [6.07, 6.45) is 6.05. The van der Waals surface area contributed by atoms with Crippen LogP contribution in [0.5, 0.6) is 5.75 Å². The Morgan fingerprint density at radius 1 is 1.39 bits per heavy atom. The van der Waals surface area contributed by atoms with Crippen molar-refractivity contribution >= 4 is 5.91 Å². The predicted molar refractivity (Wildman–Crippen MR) is 67.0 cm³/mol. The van der Waals surface area contributed by atoms with Crippen LogP contribution in [-0.2, 0) is 0 Å². The fourth-order valence-corrected chi connectivity index (χ4v) is 2.48. The van der Waals surface area contributed by atoms with E-state index < -0.39 is 5.82 Å². The van der Waals surface area contributed by atoms with Crippen LogP contribution in [0.1, 0.15) is 42.5 Å². The number of phenols is 1. The van der Waals surface area contributed by atoms with Crippen LogP contribution >= 0.6 is 0 Å². The molecule has 4 heteroatoms. The standard InChI is InChI=1S/C14H18FNO2/c15-11-5-6-12(13(17)9-11)14(18)16-8-7-10-3-1-2-4-10/h5-6,9-10,17H,1-4,7-8H2,(H,16,18). The van der Waals surface area contributed by atoms with E-state index in [0.29, 0.717) is 12.5 Å². The quantitative estimate of drug-likeness (QED) is 0.864. The summed E-state index contributed by atoms with van der Waals surface area (Å²) in [6.45, 7) is 0.611. The van der Waals surface area contributed by atoms with E-state index in [2.05, 4.69) is 5.32 Å². The van der Waals surface area contributed by atoms with E-state index in [0.717, 1.165) is 12.5 Å².